The Morgan fingerprint density at radius 3 is 2.76 bits per heavy atom. The van der Waals surface area contributed by atoms with Gasteiger partial charge in [0.05, 0.1) is 0 Å². The molecule has 1 aromatic rings. The van der Waals surface area contributed by atoms with E-state index in [0.29, 0.717) is 19.4 Å². The van der Waals surface area contributed by atoms with Crippen molar-refractivity contribution in [3.63, 3.8) is 0 Å². The summed E-state index contributed by atoms with van der Waals surface area (Å²) in [5.41, 5.74) is 2.19. The molecule has 0 saturated carbocycles. The Hall–Kier alpha value is -2.04. The minimum absolute atomic E-state index is 0.106. The first-order valence-corrected chi connectivity index (χ1v) is 7.32. The van der Waals surface area contributed by atoms with Gasteiger partial charge in [0.15, 0.2) is 0 Å². The molecule has 21 heavy (non-hydrogen) atoms. The number of para-hydroxylation sites is 1. The fourth-order valence-corrected chi connectivity index (χ4v) is 2.71. The van der Waals surface area contributed by atoms with Crippen molar-refractivity contribution in [1.29, 1.82) is 0 Å². The van der Waals surface area contributed by atoms with E-state index in [1.807, 2.05) is 38.1 Å². The van der Waals surface area contributed by atoms with E-state index in [1.165, 1.54) is 0 Å². The van der Waals surface area contributed by atoms with Crippen LogP contribution >= 0.6 is 0 Å². The number of hydrogen-bond donors (Lipinski definition) is 3. The van der Waals surface area contributed by atoms with Crippen molar-refractivity contribution in [2.75, 3.05) is 11.9 Å². The van der Waals surface area contributed by atoms with Crippen LogP contribution in [0.1, 0.15) is 38.2 Å². The number of anilines is 1. The number of amides is 1. The van der Waals surface area contributed by atoms with Gasteiger partial charge < -0.3 is 15.7 Å². The maximum absolute atomic E-state index is 12.1. The third-order valence-electron chi connectivity index (χ3n) is 3.71. The molecular formula is C16H22N2O3. The van der Waals surface area contributed by atoms with Gasteiger partial charge in [0.1, 0.15) is 6.04 Å². The minimum Gasteiger partial charge on any atom is -0.480 e. The van der Waals surface area contributed by atoms with Crippen molar-refractivity contribution in [3.8, 4) is 0 Å². The lowest BCUT2D eigenvalue weighted by Crippen LogP contribution is -2.42. The van der Waals surface area contributed by atoms with Crippen LogP contribution in [-0.4, -0.2) is 29.6 Å². The number of nitrogens with one attached hydrogen (secondary N) is 2. The Morgan fingerprint density at radius 2 is 2.10 bits per heavy atom. The van der Waals surface area contributed by atoms with Crippen LogP contribution in [0.2, 0.25) is 0 Å². The van der Waals surface area contributed by atoms with Crippen LogP contribution in [0.3, 0.4) is 0 Å². The fraction of sp³-hybridized carbons (Fsp3) is 0.500. The van der Waals surface area contributed by atoms with Crippen molar-refractivity contribution in [3.05, 3.63) is 29.8 Å². The predicted molar refractivity (Wildman–Crippen MR) is 81.3 cm³/mol. The molecule has 0 fully saturated rings. The number of carboxylic acid groups (broad SMARTS) is 1. The number of rotatable bonds is 6. The highest BCUT2D eigenvalue weighted by atomic mass is 16.4. The van der Waals surface area contributed by atoms with Crippen LogP contribution in [-0.2, 0) is 9.59 Å². The van der Waals surface area contributed by atoms with E-state index in [-0.39, 0.29) is 17.7 Å². The molecule has 1 heterocycles. The van der Waals surface area contributed by atoms with Gasteiger partial charge in [0.25, 0.3) is 0 Å². The third-order valence-corrected chi connectivity index (χ3v) is 3.71. The molecule has 2 unspecified atom stereocenters. The lowest BCUT2D eigenvalue weighted by atomic mass is 9.97. The molecule has 0 saturated heterocycles. The van der Waals surface area contributed by atoms with Crippen LogP contribution in [0, 0.1) is 5.92 Å². The zero-order valence-electron chi connectivity index (χ0n) is 12.4. The molecule has 1 aromatic carbocycles. The molecule has 114 valence electrons. The average molecular weight is 290 g/mol. The summed E-state index contributed by atoms with van der Waals surface area (Å²) in [4.78, 5) is 23.3. The first kappa shape index (κ1) is 15.4. The monoisotopic (exact) mass is 290 g/mol. The summed E-state index contributed by atoms with van der Waals surface area (Å²) in [6.07, 6.45) is 0.756. The van der Waals surface area contributed by atoms with E-state index in [0.717, 1.165) is 11.3 Å². The maximum Gasteiger partial charge on any atom is 0.326 e. The van der Waals surface area contributed by atoms with Crippen molar-refractivity contribution in [1.82, 2.24) is 5.32 Å². The first-order valence-electron chi connectivity index (χ1n) is 7.32. The van der Waals surface area contributed by atoms with Gasteiger partial charge in [0, 0.05) is 24.6 Å². The standard InChI is InChI=1S/C16H22N2O3/c1-10(2)7-14(16(20)21)18-15(19)8-11-9-17-13-6-4-3-5-12(11)13/h3-6,10-11,14,17H,7-9H2,1-2H3,(H,18,19)(H,20,21). The minimum atomic E-state index is -0.970. The van der Waals surface area contributed by atoms with Crippen LogP contribution in [0.5, 0.6) is 0 Å². The van der Waals surface area contributed by atoms with Gasteiger partial charge in [-0.3, -0.25) is 4.79 Å². The largest absolute Gasteiger partial charge is 0.480 e. The summed E-state index contributed by atoms with van der Waals surface area (Å²) in [6.45, 7) is 4.60. The molecule has 5 heteroatoms. The van der Waals surface area contributed by atoms with Crippen LogP contribution in [0.4, 0.5) is 5.69 Å². The van der Waals surface area contributed by atoms with E-state index in [1.54, 1.807) is 0 Å². The molecule has 2 atom stereocenters. The smallest absolute Gasteiger partial charge is 0.326 e. The van der Waals surface area contributed by atoms with Gasteiger partial charge in [-0.25, -0.2) is 4.79 Å². The fourth-order valence-electron chi connectivity index (χ4n) is 2.71. The summed E-state index contributed by atoms with van der Waals surface area (Å²) in [6, 6.07) is 7.11. The second-order valence-corrected chi connectivity index (χ2v) is 5.96. The Kier molecular flexibility index (Phi) is 4.83. The van der Waals surface area contributed by atoms with Gasteiger partial charge in [-0.05, 0) is 24.0 Å². The van der Waals surface area contributed by atoms with E-state index in [4.69, 9.17) is 5.11 Å². The number of carboxylic acids is 1. The third kappa shape index (κ3) is 3.97. The molecule has 2 rings (SSSR count). The van der Waals surface area contributed by atoms with Gasteiger partial charge in [-0.1, -0.05) is 32.0 Å². The second-order valence-electron chi connectivity index (χ2n) is 5.96. The van der Waals surface area contributed by atoms with E-state index in [2.05, 4.69) is 10.6 Å². The van der Waals surface area contributed by atoms with Gasteiger partial charge in [-0.15, -0.1) is 0 Å². The molecule has 5 nitrogen and oxygen atoms in total. The van der Waals surface area contributed by atoms with Crippen LogP contribution in [0.25, 0.3) is 0 Å². The number of carbonyl (C=O) groups excluding carboxylic acids is 1. The van der Waals surface area contributed by atoms with Gasteiger partial charge >= 0.3 is 5.97 Å². The highest BCUT2D eigenvalue weighted by molar-refractivity contribution is 5.84. The van der Waals surface area contributed by atoms with E-state index < -0.39 is 12.0 Å². The number of fused-ring (bicyclic) bond motifs is 1. The molecule has 1 aliphatic heterocycles. The Labute approximate surface area is 124 Å². The van der Waals surface area contributed by atoms with Crippen LogP contribution in [0.15, 0.2) is 24.3 Å². The molecule has 1 amide bonds. The molecule has 3 N–H and O–H groups in total. The van der Waals surface area contributed by atoms with E-state index >= 15 is 0 Å². The van der Waals surface area contributed by atoms with E-state index in [9.17, 15) is 9.59 Å². The van der Waals surface area contributed by atoms with Crippen molar-refractivity contribution >= 4 is 17.6 Å². The Bertz CT molecular complexity index is 528. The van der Waals surface area contributed by atoms with Crippen molar-refractivity contribution in [2.45, 2.75) is 38.6 Å². The molecular weight excluding hydrogens is 268 g/mol. The maximum atomic E-state index is 12.1. The summed E-state index contributed by atoms with van der Waals surface area (Å²) in [5, 5.41) is 15.1. The Balaban J connectivity index is 1.94. The number of carbonyl (C=O) groups is 2. The molecule has 0 aliphatic carbocycles. The normalized spacial score (nSPS) is 18.0. The van der Waals surface area contributed by atoms with Crippen molar-refractivity contribution in [2.24, 2.45) is 5.92 Å². The highest BCUT2D eigenvalue weighted by Gasteiger charge is 2.26. The molecule has 0 spiro atoms. The van der Waals surface area contributed by atoms with Crippen LogP contribution < -0.4 is 10.6 Å². The topological polar surface area (TPSA) is 78.4 Å². The highest BCUT2D eigenvalue weighted by Crippen LogP contribution is 2.33. The van der Waals surface area contributed by atoms with Gasteiger partial charge in [-0.2, -0.15) is 0 Å². The first-order chi connectivity index (χ1) is 9.97. The summed E-state index contributed by atoms with van der Waals surface area (Å²) < 4.78 is 0. The predicted octanol–water partition coefficient (Wildman–Crippen LogP) is 2.20. The zero-order chi connectivity index (χ0) is 15.4. The zero-order valence-corrected chi connectivity index (χ0v) is 12.4. The summed E-state index contributed by atoms with van der Waals surface area (Å²) >= 11 is 0. The lowest BCUT2D eigenvalue weighted by Gasteiger charge is -2.18. The number of hydrogen-bond acceptors (Lipinski definition) is 3. The molecule has 1 aliphatic rings. The van der Waals surface area contributed by atoms with Gasteiger partial charge in [0.2, 0.25) is 5.91 Å². The lowest BCUT2D eigenvalue weighted by molar-refractivity contribution is -0.142. The molecule has 0 bridgehead atoms. The average Bonchev–Trinajstić information content (AvgIpc) is 2.81. The summed E-state index contributed by atoms with van der Waals surface area (Å²) in [5.74, 6) is -0.844. The number of aliphatic carboxylic acids is 1. The summed E-state index contributed by atoms with van der Waals surface area (Å²) in [7, 11) is 0. The SMILES string of the molecule is CC(C)CC(NC(=O)CC1CNc2ccccc21)C(=O)O. The molecule has 0 radical (unpaired) electrons. The Morgan fingerprint density at radius 1 is 1.38 bits per heavy atom. The number of benzene rings is 1. The quantitative estimate of drug-likeness (QED) is 0.750. The van der Waals surface area contributed by atoms with Crippen molar-refractivity contribution < 1.29 is 14.7 Å². The molecule has 0 aromatic heterocycles. The second kappa shape index (κ2) is 6.61.